The molecule has 0 aromatic heterocycles. The van der Waals surface area contributed by atoms with E-state index in [0.29, 0.717) is 39.7 Å². The summed E-state index contributed by atoms with van der Waals surface area (Å²) in [5.41, 5.74) is 3.45. The monoisotopic (exact) mass is 408 g/mol. The Morgan fingerprint density at radius 2 is 1.17 bits per heavy atom. The normalized spacial score (nSPS) is 10.3. The Morgan fingerprint density at radius 3 is 1.70 bits per heavy atom. The van der Waals surface area contributed by atoms with Gasteiger partial charge in [-0.15, -0.1) is 0 Å². The number of methoxy groups -OCH3 is 5. The highest BCUT2D eigenvalue weighted by molar-refractivity contribution is 5.99. The van der Waals surface area contributed by atoms with Gasteiger partial charge in [0.15, 0.2) is 0 Å². The van der Waals surface area contributed by atoms with Gasteiger partial charge in [-0.05, 0) is 54.1 Å². The van der Waals surface area contributed by atoms with Crippen LogP contribution < -0.4 is 18.9 Å². The van der Waals surface area contributed by atoms with Crippen LogP contribution in [-0.4, -0.2) is 41.5 Å². The van der Waals surface area contributed by atoms with E-state index in [2.05, 4.69) is 0 Å². The van der Waals surface area contributed by atoms with Crippen LogP contribution in [0.3, 0.4) is 0 Å². The van der Waals surface area contributed by atoms with Crippen molar-refractivity contribution in [3.05, 3.63) is 60.2 Å². The average molecular weight is 408 g/mol. The molecule has 3 rings (SSSR count). The Morgan fingerprint density at radius 1 is 0.600 bits per heavy atom. The van der Waals surface area contributed by atoms with E-state index in [1.165, 1.54) is 7.11 Å². The van der Waals surface area contributed by atoms with Gasteiger partial charge in [-0.2, -0.15) is 0 Å². The SMILES string of the molecule is COC(=O)c1ccc(-c2cc(OC)ccc2OC)cc1-c1cc(OC)ccc1OC. The average Bonchev–Trinajstić information content (AvgIpc) is 2.82. The summed E-state index contributed by atoms with van der Waals surface area (Å²) in [5.74, 6) is 2.19. The molecule has 0 amide bonds. The zero-order valence-corrected chi connectivity index (χ0v) is 17.6. The largest absolute Gasteiger partial charge is 0.497 e. The fourth-order valence-corrected chi connectivity index (χ4v) is 3.29. The molecule has 0 aliphatic heterocycles. The molecule has 0 bridgehead atoms. The molecule has 6 nitrogen and oxygen atoms in total. The van der Waals surface area contributed by atoms with Gasteiger partial charge in [0.2, 0.25) is 0 Å². The molecule has 0 saturated carbocycles. The maximum atomic E-state index is 12.5. The lowest BCUT2D eigenvalue weighted by Gasteiger charge is -2.16. The second kappa shape index (κ2) is 9.22. The van der Waals surface area contributed by atoms with E-state index >= 15 is 0 Å². The van der Waals surface area contributed by atoms with Crippen LogP contribution in [0.4, 0.5) is 0 Å². The molecular formula is C24H24O6. The van der Waals surface area contributed by atoms with Crippen LogP contribution in [0.5, 0.6) is 23.0 Å². The van der Waals surface area contributed by atoms with Gasteiger partial charge in [-0.25, -0.2) is 4.79 Å². The van der Waals surface area contributed by atoms with Gasteiger partial charge in [-0.1, -0.05) is 6.07 Å². The molecular weight excluding hydrogens is 384 g/mol. The summed E-state index contributed by atoms with van der Waals surface area (Å²) in [6, 6.07) is 16.5. The molecule has 0 spiro atoms. The van der Waals surface area contributed by atoms with E-state index in [-0.39, 0.29) is 0 Å². The summed E-state index contributed by atoms with van der Waals surface area (Å²) >= 11 is 0. The Bertz CT molecular complexity index is 1060. The van der Waals surface area contributed by atoms with Gasteiger partial charge in [-0.3, -0.25) is 0 Å². The number of hydrogen-bond acceptors (Lipinski definition) is 6. The van der Waals surface area contributed by atoms with Crippen LogP contribution in [0.2, 0.25) is 0 Å². The third-order valence-electron chi connectivity index (χ3n) is 4.84. The summed E-state index contributed by atoms with van der Waals surface area (Å²) < 4.78 is 26.8. The van der Waals surface area contributed by atoms with Crippen molar-refractivity contribution in [1.82, 2.24) is 0 Å². The second-order valence-corrected chi connectivity index (χ2v) is 6.38. The molecule has 0 aliphatic carbocycles. The van der Waals surface area contributed by atoms with E-state index < -0.39 is 5.97 Å². The topological polar surface area (TPSA) is 63.2 Å². The van der Waals surface area contributed by atoms with Crippen LogP contribution in [0.15, 0.2) is 54.6 Å². The summed E-state index contributed by atoms with van der Waals surface area (Å²) in [7, 11) is 7.74. The first-order chi connectivity index (χ1) is 14.6. The smallest absolute Gasteiger partial charge is 0.338 e. The second-order valence-electron chi connectivity index (χ2n) is 6.38. The van der Waals surface area contributed by atoms with Crippen molar-refractivity contribution in [1.29, 1.82) is 0 Å². The first-order valence-corrected chi connectivity index (χ1v) is 9.23. The first kappa shape index (κ1) is 21.0. The third-order valence-corrected chi connectivity index (χ3v) is 4.84. The van der Waals surface area contributed by atoms with Gasteiger partial charge >= 0.3 is 5.97 Å². The van der Waals surface area contributed by atoms with Crippen molar-refractivity contribution < 1.29 is 28.5 Å². The number of hydrogen-bond donors (Lipinski definition) is 0. The lowest BCUT2D eigenvalue weighted by molar-refractivity contribution is 0.0601. The molecule has 6 heteroatoms. The number of carbonyl (C=O) groups excluding carboxylic acids is 1. The predicted octanol–water partition coefficient (Wildman–Crippen LogP) is 4.84. The fraction of sp³-hybridized carbons (Fsp3) is 0.208. The van der Waals surface area contributed by atoms with Gasteiger partial charge in [0.1, 0.15) is 23.0 Å². The molecule has 30 heavy (non-hydrogen) atoms. The molecule has 3 aromatic rings. The Hall–Kier alpha value is -3.67. The summed E-state index contributed by atoms with van der Waals surface area (Å²) in [6.45, 7) is 0. The van der Waals surface area contributed by atoms with E-state index in [9.17, 15) is 4.79 Å². The zero-order valence-electron chi connectivity index (χ0n) is 17.6. The van der Waals surface area contributed by atoms with Crippen molar-refractivity contribution in [3.8, 4) is 45.3 Å². The zero-order chi connectivity index (χ0) is 21.7. The number of esters is 1. The van der Waals surface area contributed by atoms with E-state index in [4.69, 9.17) is 23.7 Å². The van der Waals surface area contributed by atoms with Crippen LogP contribution in [0.1, 0.15) is 10.4 Å². The molecule has 0 atom stereocenters. The van der Waals surface area contributed by atoms with Crippen molar-refractivity contribution in [2.45, 2.75) is 0 Å². The fourth-order valence-electron chi connectivity index (χ4n) is 3.29. The summed E-state index contributed by atoms with van der Waals surface area (Å²) in [6.07, 6.45) is 0. The highest BCUT2D eigenvalue weighted by Gasteiger charge is 2.19. The molecule has 0 radical (unpaired) electrons. The minimum absolute atomic E-state index is 0.412. The van der Waals surface area contributed by atoms with Crippen LogP contribution in [-0.2, 0) is 4.74 Å². The van der Waals surface area contributed by atoms with Crippen molar-refractivity contribution in [3.63, 3.8) is 0 Å². The van der Waals surface area contributed by atoms with Crippen LogP contribution in [0, 0.1) is 0 Å². The lowest BCUT2D eigenvalue weighted by Crippen LogP contribution is -2.05. The molecule has 156 valence electrons. The Balaban J connectivity index is 2.29. The van der Waals surface area contributed by atoms with Gasteiger partial charge in [0.05, 0.1) is 41.1 Å². The summed E-state index contributed by atoms with van der Waals surface area (Å²) in [4.78, 5) is 12.5. The van der Waals surface area contributed by atoms with Crippen molar-refractivity contribution >= 4 is 5.97 Å². The highest BCUT2D eigenvalue weighted by Crippen LogP contribution is 2.40. The summed E-state index contributed by atoms with van der Waals surface area (Å²) in [5, 5.41) is 0. The Labute approximate surface area is 175 Å². The van der Waals surface area contributed by atoms with E-state index in [0.717, 1.165) is 11.1 Å². The van der Waals surface area contributed by atoms with Gasteiger partial charge in [0.25, 0.3) is 0 Å². The molecule has 0 heterocycles. The minimum atomic E-state index is -0.445. The molecule has 0 saturated heterocycles. The molecule has 0 fully saturated rings. The van der Waals surface area contributed by atoms with Crippen molar-refractivity contribution in [2.75, 3.05) is 35.5 Å². The number of benzene rings is 3. The van der Waals surface area contributed by atoms with Crippen LogP contribution >= 0.6 is 0 Å². The molecule has 3 aromatic carbocycles. The number of carbonyl (C=O) groups is 1. The number of ether oxygens (including phenoxy) is 5. The minimum Gasteiger partial charge on any atom is -0.497 e. The van der Waals surface area contributed by atoms with Crippen LogP contribution in [0.25, 0.3) is 22.3 Å². The highest BCUT2D eigenvalue weighted by atomic mass is 16.5. The quantitative estimate of drug-likeness (QED) is 0.521. The maximum Gasteiger partial charge on any atom is 0.338 e. The van der Waals surface area contributed by atoms with E-state index in [1.807, 2.05) is 36.4 Å². The van der Waals surface area contributed by atoms with E-state index in [1.54, 1.807) is 46.6 Å². The third kappa shape index (κ3) is 4.03. The Kier molecular flexibility index (Phi) is 6.47. The maximum absolute atomic E-state index is 12.5. The standard InChI is InChI=1S/C24H24O6/c1-26-16-7-10-22(28-3)19(13-16)15-6-9-18(24(25)30-5)20(12-15)21-14-17(27-2)8-11-23(21)29-4/h6-14H,1-5H3. The predicted molar refractivity (Wildman–Crippen MR) is 115 cm³/mol. The number of rotatable bonds is 7. The van der Waals surface area contributed by atoms with Gasteiger partial charge in [0, 0.05) is 16.7 Å². The first-order valence-electron chi connectivity index (χ1n) is 9.23. The lowest BCUT2D eigenvalue weighted by atomic mass is 9.93. The molecule has 0 unspecified atom stereocenters. The molecule has 0 aliphatic rings. The van der Waals surface area contributed by atoms with Gasteiger partial charge < -0.3 is 23.7 Å². The molecule has 0 N–H and O–H groups in total. The van der Waals surface area contributed by atoms with Crippen molar-refractivity contribution in [2.24, 2.45) is 0 Å².